The Labute approximate surface area is 72.4 Å². The fraction of sp³-hybridized carbons (Fsp3) is 0.333. The number of hydrogen-bond acceptors (Lipinski definition) is 3. The number of aromatic hydroxyl groups is 1. The summed E-state index contributed by atoms with van der Waals surface area (Å²) in [5, 5.41) is 8.76. The van der Waals surface area contributed by atoms with Crippen LogP contribution in [0, 0.1) is 0 Å². The number of nitrogens with zero attached hydrogens (tertiary/aromatic N) is 2. The summed E-state index contributed by atoms with van der Waals surface area (Å²) in [5.74, 6) is -0.509. The Kier molecular flexibility index (Phi) is 1.97. The van der Waals surface area contributed by atoms with Crippen LogP contribution in [0.1, 0.15) is 0 Å². The van der Waals surface area contributed by atoms with Crippen LogP contribution in [0.15, 0.2) is 9.59 Å². The first-order valence-corrected chi connectivity index (χ1v) is 3.49. The number of hydrogen-bond donors (Lipinski definition) is 1. The van der Waals surface area contributed by atoms with Gasteiger partial charge in [0.05, 0.1) is 0 Å². The summed E-state index contributed by atoms with van der Waals surface area (Å²) in [5.41, 5.74) is -1.31. The molecule has 0 radical (unpaired) electrons. The van der Waals surface area contributed by atoms with Crippen molar-refractivity contribution in [2.24, 2.45) is 14.1 Å². The van der Waals surface area contributed by atoms with Gasteiger partial charge in [0, 0.05) is 14.1 Å². The van der Waals surface area contributed by atoms with Gasteiger partial charge in [0.2, 0.25) is 5.88 Å². The van der Waals surface area contributed by atoms with Gasteiger partial charge in [-0.15, -0.1) is 0 Å². The molecule has 1 N–H and O–H groups in total. The molecule has 66 valence electrons. The van der Waals surface area contributed by atoms with Crippen LogP contribution in [-0.2, 0) is 14.1 Å². The highest BCUT2D eigenvalue weighted by atomic mass is 35.5. The number of aromatic nitrogens is 2. The van der Waals surface area contributed by atoms with Crippen LogP contribution >= 0.6 is 11.6 Å². The Morgan fingerprint density at radius 1 is 1.25 bits per heavy atom. The maximum absolute atomic E-state index is 11.1. The van der Waals surface area contributed by atoms with E-state index in [1.54, 1.807) is 0 Å². The van der Waals surface area contributed by atoms with Crippen molar-refractivity contribution in [3.63, 3.8) is 0 Å². The van der Waals surface area contributed by atoms with Gasteiger partial charge >= 0.3 is 5.69 Å². The predicted octanol–water partition coefficient (Wildman–Crippen LogP) is -0.557. The summed E-state index contributed by atoms with van der Waals surface area (Å²) in [6, 6.07) is 0. The first kappa shape index (κ1) is 8.86. The lowest BCUT2D eigenvalue weighted by molar-refractivity contribution is 0.412. The summed E-state index contributed by atoms with van der Waals surface area (Å²) >= 11 is 5.42. The second-order valence-corrected chi connectivity index (χ2v) is 2.72. The van der Waals surface area contributed by atoms with Crippen molar-refractivity contribution in [2.45, 2.75) is 0 Å². The van der Waals surface area contributed by atoms with E-state index in [1.807, 2.05) is 0 Å². The van der Waals surface area contributed by atoms with Crippen LogP contribution in [0.4, 0.5) is 0 Å². The van der Waals surface area contributed by atoms with Gasteiger partial charge in [-0.3, -0.25) is 13.9 Å². The van der Waals surface area contributed by atoms with Crippen LogP contribution in [0.2, 0.25) is 5.02 Å². The summed E-state index contributed by atoms with van der Waals surface area (Å²) in [7, 11) is 2.61. The zero-order chi connectivity index (χ0) is 9.46. The van der Waals surface area contributed by atoms with Crippen molar-refractivity contribution < 1.29 is 5.11 Å². The first-order valence-electron chi connectivity index (χ1n) is 3.11. The zero-order valence-corrected chi connectivity index (χ0v) is 7.29. The molecular weight excluding hydrogens is 184 g/mol. The molecule has 5 nitrogen and oxygen atoms in total. The van der Waals surface area contributed by atoms with Crippen molar-refractivity contribution in [2.75, 3.05) is 0 Å². The molecule has 0 saturated heterocycles. The molecule has 12 heavy (non-hydrogen) atoms. The van der Waals surface area contributed by atoms with Crippen molar-refractivity contribution in [1.82, 2.24) is 9.13 Å². The second-order valence-electron chi connectivity index (χ2n) is 2.34. The minimum Gasteiger partial charge on any atom is -0.493 e. The van der Waals surface area contributed by atoms with Gasteiger partial charge in [-0.2, -0.15) is 0 Å². The highest BCUT2D eigenvalue weighted by Crippen LogP contribution is 2.13. The van der Waals surface area contributed by atoms with Crippen LogP contribution in [0.5, 0.6) is 5.88 Å². The molecule has 0 aliphatic carbocycles. The minimum atomic E-state index is -0.697. The fourth-order valence-electron chi connectivity index (χ4n) is 0.793. The molecule has 1 rings (SSSR count). The molecule has 1 heterocycles. The lowest BCUT2D eigenvalue weighted by Crippen LogP contribution is -2.36. The average molecular weight is 191 g/mol. The molecule has 0 amide bonds. The fourth-order valence-corrected chi connectivity index (χ4v) is 1.05. The lowest BCUT2D eigenvalue weighted by Gasteiger charge is -2.04. The maximum Gasteiger partial charge on any atom is 0.333 e. The maximum atomic E-state index is 11.1. The molecule has 1 aromatic heterocycles. The van der Waals surface area contributed by atoms with E-state index in [1.165, 1.54) is 14.1 Å². The van der Waals surface area contributed by atoms with E-state index < -0.39 is 17.1 Å². The highest BCUT2D eigenvalue weighted by molar-refractivity contribution is 6.31. The van der Waals surface area contributed by atoms with Crippen LogP contribution in [0.25, 0.3) is 0 Å². The van der Waals surface area contributed by atoms with Crippen LogP contribution < -0.4 is 11.2 Å². The summed E-state index contributed by atoms with van der Waals surface area (Å²) < 4.78 is 1.71. The normalized spacial score (nSPS) is 10.2. The predicted molar refractivity (Wildman–Crippen MR) is 43.6 cm³/mol. The van der Waals surface area contributed by atoms with Gasteiger partial charge in [0.1, 0.15) is 0 Å². The third kappa shape index (κ3) is 1.02. The van der Waals surface area contributed by atoms with Gasteiger partial charge < -0.3 is 5.11 Å². The molecule has 0 spiro atoms. The van der Waals surface area contributed by atoms with Gasteiger partial charge in [-0.25, -0.2) is 4.79 Å². The van der Waals surface area contributed by atoms with Crippen LogP contribution in [0.3, 0.4) is 0 Å². The Balaban J connectivity index is 3.86. The van der Waals surface area contributed by atoms with Gasteiger partial charge in [0.15, 0.2) is 5.02 Å². The van der Waals surface area contributed by atoms with E-state index in [-0.39, 0.29) is 5.02 Å². The Bertz CT molecular complexity index is 394. The minimum absolute atomic E-state index is 0.348. The zero-order valence-electron chi connectivity index (χ0n) is 6.54. The van der Waals surface area contributed by atoms with E-state index in [9.17, 15) is 9.59 Å². The quantitative estimate of drug-likeness (QED) is 0.597. The molecular formula is C6H7ClN2O3. The topological polar surface area (TPSA) is 64.2 Å². The Morgan fingerprint density at radius 3 is 2.25 bits per heavy atom. The lowest BCUT2D eigenvalue weighted by atomic mass is 10.6. The monoisotopic (exact) mass is 190 g/mol. The Hall–Kier alpha value is -1.23. The van der Waals surface area contributed by atoms with Crippen molar-refractivity contribution >= 4 is 11.6 Å². The molecule has 0 saturated carbocycles. The van der Waals surface area contributed by atoms with Gasteiger partial charge in [0.25, 0.3) is 5.56 Å². The van der Waals surface area contributed by atoms with Crippen molar-refractivity contribution in [3.8, 4) is 5.88 Å². The molecule has 0 aliphatic heterocycles. The summed E-state index contributed by atoms with van der Waals surface area (Å²) in [4.78, 5) is 22.1. The molecule has 0 atom stereocenters. The van der Waals surface area contributed by atoms with Crippen molar-refractivity contribution in [3.05, 3.63) is 25.9 Å². The third-order valence-corrected chi connectivity index (χ3v) is 1.91. The molecule has 0 unspecified atom stereocenters. The molecule has 0 bridgehead atoms. The average Bonchev–Trinajstić information content (AvgIpc) is 2.08. The molecule has 0 aromatic carbocycles. The van der Waals surface area contributed by atoms with E-state index in [4.69, 9.17) is 16.7 Å². The van der Waals surface area contributed by atoms with E-state index >= 15 is 0 Å². The molecule has 0 fully saturated rings. The second kappa shape index (κ2) is 2.67. The number of halogens is 1. The van der Waals surface area contributed by atoms with Crippen molar-refractivity contribution in [1.29, 1.82) is 0 Å². The molecule has 1 aromatic rings. The largest absolute Gasteiger partial charge is 0.493 e. The molecule has 6 heteroatoms. The van der Waals surface area contributed by atoms with Crippen LogP contribution in [-0.4, -0.2) is 14.2 Å². The van der Waals surface area contributed by atoms with E-state index in [0.29, 0.717) is 0 Å². The van der Waals surface area contributed by atoms with E-state index in [2.05, 4.69) is 0 Å². The highest BCUT2D eigenvalue weighted by Gasteiger charge is 2.11. The third-order valence-electron chi connectivity index (χ3n) is 1.58. The number of rotatable bonds is 0. The Morgan fingerprint density at radius 2 is 1.75 bits per heavy atom. The van der Waals surface area contributed by atoms with Gasteiger partial charge in [-0.05, 0) is 0 Å². The van der Waals surface area contributed by atoms with E-state index in [0.717, 1.165) is 9.13 Å². The summed E-state index contributed by atoms with van der Waals surface area (Å²) in [6.07, 6.45) is 0. The first-order chi connectivity index (χ1) is 5.46. The standard InChI is InChI=1S/C6H7ClN2O3/c1-8-4(10)3(7)5(11)9(2)6(8)12/h10H,1-2H3. The SMILES string of the molecule is Cn1c(O)c(Cl)c(=O)n(C)c1=O. The summed E-state index contributed by atoms with van der Waals surface area (Å²) in [6.45, 7) is 0. The smallest absolute Gasteiger partial charge is 0.333 e. The molecule has 0 aliphatic rings. The van der Waals surface area contributed by atoms with Gasteiger partial charge in [-0.1, -0.05) is 11.6 Å².